The SMILES string of the molecule is Cn1ncc2c(NCc3ccc4c(c3)CCCO4)nc(-c3cccnc3)nc21. The van der Waals surface area contributed by atoms with E-state index in [2.05, 4.69) is 38.6 Å². The fourth-order valence-electron chi connectivity index (χ4n) is 3.49. The number of aryl methyl sites for hydroxylation is 2. The first kappa shape index (κ1) is 16.7. The van der Waals surface area contributed by atoms with E-state index in [0.29, 0.717) is 12.4 Å². The number of hydrogen-bond acceptors (Lipinski definition) is 6. The summed E-state index contributed by atoms with van der Waals surface area (Å²) in [5.74, 6) is 2.40. The third-order valence-electron chi connectivity index (χ3n) is 4.94. The van der Waals surface area contributed by atoms with Crippen LogP contribution >= 0.6 is 0 Å². The average molecular weight is 372 g/mol. The molecule has 0 spiro atoms. The Morgan fingerprint density at radius 2 is 2.14 bits per heavy atom. The first-order valence-electron chi connectivity index (χ1n) is 9.36. The minimum atomic E-state index is 0.630. The molecule has 1 aromatic carbocycles. The zero-order valence-corrected chi connectivity index (χ0v) is 15.6. The molecule has 0 aliphatic carbocycles. The van der Waals surface area contributed by atoms with E-state index in [0.717, 1.165) is 47.6 Å². The van der Waals surface area contributed by atoms with Crippen LogP contribution in [0.4, 0.5) is 5.82 Å². The fourth-order valence-corrected chi connectivity index (χ4v) is 3.49. The number of ether oxygens (including phenoxy) is 1. The molecule has 7 heteroatoms. The van der Waals surface area contributed by atoms with Gasteiger partial charge >= 0.3 is 0 Å². The molecular weight excluding hydrogens is 352 g/mol. The largest absolute Gasteiger partial charge is 0.493 e. The van der Waals surface area contributed by atoms with Crippen molar-refractivity contribution in [1.29, 1.82) is 0 Å². The quantitative estimate of drug-likeness (QED) is 0.592. The Kier molecular flexibility index (Phi) is 4.12. The molecule has 0 atom stereocenters. The van der Waals surface area contributed by atoms with Gasteiger partial charge in [0.1, 0.15) is 11.6 Å². The van der Waals surface area contributed by atoms with E-state index in [-0.39, 0.29) is 0 Å². The first-order valence-corrected chi connectivity index (χ1v) is 9.36. The van der Waals surface area contributed by atoms with Crippen LogP contribution < -0.4 is 10.1 Å². The molecule has 0 bridgehead atoms. The van der Waals surface area contributed by atoms with Gasteiger partial charge in [0.25, 0.3) is 0 Å². The predicted octanol–water partition coefficient (Wildman–Crippen LogP) is 3.36. The Morgan fingerprint density at radius 1 is 1.18 bits per heavy atom. The van der Waals surface area contributed by atoms with Crippen molar-refractivity contribution in [3.05, 3.63) is 60.0 Å². The Hall–Kier alpha value is -3.48. The molecule has 0 unspecified atom stereocenters. The van der Waals surface area contributed by atoms with Gasteiger partial charge in [0.05, 0.1) is 18.2 Å². The summed E-state index contributed by atoms with van der Waals surface area (Å²) in [5, 5.41) is 8.71. The normalized spacial score (nSPS) is 13.2. The summed E-state index contributed by atoms with van der Waals surface area (Å²) in [7, 11) is 1.88. The van der Waals surface area contributed by atoms with Crippen LogP contribution in [0.5, 0.6) is 5.75 Å². The summed E-state index contributed by atoms with van der Waals surface area (Å²) in [6.07, 6.45) is 7.44. The molecule has 4 heterocycles. The minimum absolute atomic E-state index is 0.630. The van der Waals surface area contributed by atoms with E-state index < -0.39 is 0 Å². The number of nitrogens with one attached hydrogen (secondary N) is 1. The Balaban J connectivity index is 1.48. The summed E-state index contributed by atoms with van der Waals surface area (Å²) < 4.78 is 7.47. The van der Waals surface area contributed by atoms with Gasteiger partial charge in [-0.3, -0.25) is 9.67 Å². The Morgan fingerprint density at radius 3 is 3.04 bits per heavy atom. The number of fused-ring (bicyclic) bond motifs is 2. The van der Waals surface area contributed by atoms with Gasteiger partial charge in [0.2, 0.25) is 0 Å². The zero-order chi connectivity index (χ0) is 18.9. The van der Waals surface area contributed by atoms with Crippen molar-refractivity contribution in [1.82, 2.24) is 24.7 Å². The van der Waals surface area contributed by atoms with Gasteiger partial charge < -0.3 is 10.1 Å². The number of hydrogen-bond donors (Lipinski definition) is 1. The predicted molar refractivity (Wildman–Crippen MR) is 107 cm³/mol. The molecule has 1 N–H and O–H groups in total. The van der Waals surface area contributed by atoms with Crippen LogP contribution in [0.2, 0.25) is 0 Å². The van der Waals surface area contributed by atoms with Crippen LogP contribution in [0.1, 0.15) is 17.5 Å². The van der Waals surface area contributed by atoms with Gasteiger partial charge in [-0.2, -0.15) is 5.10 Å². The monoisotopic (exact) mass is 372 g/mol. The molecule has 0 saturated heterocycles. The van der Waals surface area contributed by atoms with Gasteiger partial charge in [0, 0.05) is 31.5 Å². The molecule has 0 radical (unpaired) electrons. The Bertz CT molecular complexity index is 1140. The van der Waals surface area contributed by atoms with E-state index in [1.165, 1.54) is 11.1 Å². The standard InChI is InChI=1S/C21H20N6O/c1-27-21-17(13-24-27)20(25-19(26-21)16-4-2-8-22-12-16)23-11-14-6-7-18-15(10-14)5-3-9-28-18/h2,4,6-8,10,12-13H,3,5,9,11H2,1H3,(H,23,25,26). The van der Waals surface area contributed by atoms with Crippen molar-refractivity contribution in [2.45, 2.75) is 19.4 Å². The summed E-state index contributed by atoms with van der Waals surface area (Å²) in [5.41, 5.74) is 4.13. The van der Waals surface area contributed by atoms with Crippen LogP contribution in [0, 0.1) is 0 Å². The van der Waals surface area contributed by atoms with Gasteiger partial charge in [-0.25, -0.2) is 9.97 Å². The summed E-state index contributed by atoms with van der Waals surface area (Å²) >= 11 is 0. The fraction of sp³-hybridized carbons (Fsp3) is 0.238. The molecule has 7 nitrogen and oxygen atoms in total. The molecule has 0 fully saturated rings. The van der Waals surface area contributed by atoms with Crippen molar-refractivity contribution < 1.29 is 4.74 Å². The highest BCUT2D eigenvalue weighted by Gasteiger charge is 2.14. The molecule has 140 valence electrons. The molecule has 28 heavy (non-hydrogen) atoms. The highest BCUT2D eigenvalue weighted by molar-refractivity contribution is 5.88. The molecule has 4 aromatic rings. The van der Waals surface area contributed by atoms with Crippen LogP contribution in [0.25, 0.3) is 22.4 Å². The maximum Gasteiger partial charge on any atom is 0.165 e. The maximum absolute atomic E-state index is 5.71. The average Bonchev–Trinajstić information content (AvgIpc) is 3.13. The lowest BCUT2D eigenvalue weighted by molar-refractivity contribution is 0.288. The molecule has 5 rings (SSSR count). The van der Waals surface area contributed by atoms with Crippen molar-refractivity contribution >= 4 is 16.9 Å². The number of rotatable bonds is 4. The van der Waals surface area contributed by atoms with Gasteiger partial charge in [-0.15, -0.1) is 0 Å². The number of nitrogens with zero attached hydrogens (tertiary/aromatic N) is 5. The van der Waals surface area contributed by atoms with Gasteiger partial charge in [-0.1, -0.05) is 12.1 Å². The van der Waals surface area contributed by atoms with Crippen molar-refractivity contribution in [3.63, 3.8) is 0 Å². The highest BCUT2D eigenvalue weighted by Crippen LogP contribution is 2.27. The number of pyridine rings is 1. The van der Waals surface area contributed by atoms with E-state index >= 15 is 0 Å². The van der Waals surface area contributed by atoms with E-state index in [1.807, 2.05) is 19.2 Å². The number of anilines is 1. The molecule has 0 saturated carbocycles. The molecule has 1 aliphatic rings. The van der Waals surface area contributed by atoms with E-state index in [9.17, 15) is 0 Å². The number of benzene rings is 1. The van der Waals surface area contributed by atoms with Crippen molar-refractivity contribution in [3.8, 4) is 17.1 Å². The van der Waals surface area contributed by atoms with Crippen molar-refractivity contribution in [2.75, 3.05) is 11.9 Å². The smallest absolute Gasteiger partial charge is 0.165 e. The maximum atomic E-state index is 5.71. The second kappa shape index (κ2) is 6.92. The molecule has 1 aliphatic heterocycles. The van der Waals surface area contributed by atoms with Gasteiger partial charge in [0.15, 0.2) is 11.5 Å². The van der Waals surface area contributed by atoms with Crippen LogP contribution in [0.15, 0.2) is 48.9 Å². The van der Waals surface area contributed by atoms with Crippen LogP contribution in [0.3, 0.4) is 0 Å². The van der Waals surface area contributed by atoms with Crippen LogP contribution in [-0.4, -0.2) is 31.3 Å². The highest BCUT2D eigenvalue weighted by atomic mass is 16.5. The number of aromatic nitrogens is 5. The second-order valence-electron chi connectivity index (χ2n) is 6.89. The first-order chi connectivity index (χ1) is 13.8. The topological polar surface area (TPSA) is 77.8 Å². The third kappa shape index (κ3) is 3.05. The summed E-state index contributed by atoms with van der Waals surface area (Å²) in [6.45, 7) is 1.47. The molecular formula is C21H20N6O. The summed E-state index contributed by atoms with van der Waals surface area (Å²) in [4.78, 5) is 13.6. The lowest BCUT2D eigenvalue weighted by atomic mass is 10.0. The van der Waals surface area contributed by atoms with Gasteiger partial charge in [-0.05, 0) is 42.2 Å². The van der Waals surface area contributed by atoms with Crippen LogP contribution in [-0.2, 0) is 20.0 Å². The lowest BCUT2D eigenvalue weighted by Gasteiger charge is -2.18. The zero-order valence-electron chi connectivity index (χ0n) is 15.6. The van der Waals surface area contributed by atoms with Crippen molar-refractivity contribution in [2.24, 2.45) is 7.05 Å². The minimum Gasteiger partial charge on any atom is -0.493 e. The lowest BCUT2D eigenvalue weighted by Crippen LogP contribution is -2.10. The molecule has 3 aromatic heterocycles. The van der Waals surface area contributed by atoms with E-state index in [4.69, 9.17) is 9.72 Å². The van der Waals surface area contributed by atoms with E-state index in [1.54, 1.807) is 23.3 Å². The summed E-state index contributed by atoms with van der Waals surface area (Å²) in [6, 6.07) is 10.2. The third-order valence-corrected chi connectivity index (χ3v) is 4.94. The molecule has 0 amide bonds. The Labute approximate surface area is 162 Å². The second-order valence-corrected chi connectivity index (χ2v) is 6.89.